The summed E-state index contributed by atoms with van der Waals surface area (Å²) in [7, 11) is 0. The Labute approximate surface area is 123 Å². The van der Waals surface area contributed by atoms with Gasteiger partial charge in [0.25, 0.3) is 5.91 Å². The van der Waals surface area contributed by atoms with Gasteiger partial charge in [0.15, 0.2) is 0 Å². The molecule has 0 bridgehead atoms. The number of hydrogen-bond acceptors (Lipinski definition) is 2. The number of aromatic nitrogens is 1. The van der Waals surface area contributed by atoms with E-state index in [1.807, 2.05) is 30.3 Å². The minimum atomic E-state index is -0.910. The van der Waals surface area contributed by atoms with Gasteiger partial charge in [-0.3, -0.25) is 9.59 Å². The van der Waals surface area contributed by atoms with E-state index in [1.165, 1.54) is 0 Å². The number of amides is 1. The van der Waals surface area contributed by atoms with Crippen LogP contribution in [0.2, 0.25) is 0 Å². The summed E-state index contributed by atoms with van der Waals surface area (Å²) in [6.45, 7) is 2.15. The third-order valence-corrected chi connectivity index (χ3v) is 3.25. The maximum Gasteiger partial charge on any atom is 0.308 e. The number of nitrogens with one attached hydrogen (secondary N) is 1. The lowest BCUT2D eigenvalue weighted by molar-refractivity contribution is -0.141. The van der Waals surface area contributed by atoms with Crippen molar-refractivity contribution in [2.75, 3.05) is 6.54 Å². The summed E-state index contributed by atoms with van der Waals surface area (Å²) >= 11 is 0. The minimum Gasteiger partial charge on any atom is -0.481 e. The van der Waals surface area contributed by atoms with Crippen molar-refractivity contribution in [3.8, 4) is 0 Å². The standard InChI is InChI=1S/C16H18N2O3/c1-12(16(20)21)10-18(11-13-6-3-2-4-7-13)15(19)14-8-5-9-17-14/h2-9,12,17H,10-11H2,1H3,(H,20,21)/t12-/m0/s1. The zero-order chi connectivity index (χ0) is 15.2. The van der Waals surface area contributed by atoms with E-state index < -0.39 is 11.9 Å². The number of carboxylic acid groups (broad SMARTS) is 1. The summed E-state index contributed by atoms with van der Waals surface area (Å²) < 4.78 is 0. The third-order valence-electron chi connectivity index (χ3n) is 3.25. The highest BCUT2D eigenvalue weighted by Crippen LogP contribution is 2.12. The van der Waals surface area contributed by atoms with Gasteiger partial charge in [-0.25, -0.2) is 0 Å². The average molecular weight is 286 g/mol. The number of aliphatic carboxylic acids is 1. The quantitative estimate of drug-likeness (QED) is 0.856. The first-order valence-corrected chi connectivity index (χ1v) is 6.77. The number of benzene rings is 1. The summed E-state index contributed by atoms with van der Waals surface area (Å²) in [5.74, 6) is -1.73. The largest absolute Gasteiger partial charge is 0.481 e. The fraction of sp³-hybridized carbons (Fsp3) is 0.250. The molecule has 2 N–H and O–H groups in total. The lowest BCUT2D eigenvalue weighted by Gasteiger charge is -2.24. The Morgan fingerprint density at radius 3 is 2.48 bits per heavy atom. The number of hydrogen-bond donors (Lipinski definition) is 2. The van der Waals surface area contributed by atoms with Crippen molar-refractivity contribution in [2.24, 2.45) is 5.92 Å². The number of carbonyl (C=O) groups excluding carboxylic acids is 1. The number of H-pyrrole nitrogens is 1. The van der Waals surface area contributed by atoms with Crippen molar-refractivity contribution in [1.82, 2.24) is 9.88 Å². The summed E-state index contributed by atoms with van der Waals surface area (Å²) in [5, 5.41) is 9.06. The van der Waals surface area contributed by atoms with E-state index in [4.69, 9.17) is 5.11 Å². The Kier molecular flexibility index (Phi) is 4.77. The molecule has 110 valence electrons. The van der Waals surface area contributed by atoms with Crippen LogP contribution in [0.15, 0.2) is 48.7 Å². The Balaban J connectivity index is 2.17. The van der Waals surface area contributed by atoms with Gasteiger partial charge in [0.1, 0.15) is 5.69 Å². The molecule has 0 radical (unpaired) electrons. The molecule has 0 aliphatic carbocycles. The highest BCUT2D eigenvalue weighted by atomic mass is 16.4. The van der Waals surface area contributed by atoms with E-state index in [-0.39, 0.29) is 12.5 Å². The highest BCUT2D eigenvalue weighted by Gasteiger charge is 2.22. The van der Waals surface area contributed by atoms with Gasteiger partial charge >= 0.3 is 5.97 Å². The lowest BCUT2D eigenvalue weighted by atomic mass is 10.1. The Hall–Kier alpha value is -2.56. The molecule has 5 heteroatoms. The molecule has 1 aromatic carbocycles. The fourth-order valence-electron chi connectivity index (χ4n) is 2.07. The van der Waals surface area contributed by atoms with E-state index in [9.17, 15) is 9.59 Å². The minimum absolute atomic E-state index is 0.169. The van der Waals surface area contributed by atoms with E-state index in [1.54, 1.807) is 30.2 Å². The molecule has 1 aromatic heterocycles. The molecular weight excluding hydrogens is 268 g/mol. The van der Waals surface area contributed by atoms with Gasteiger partial charge in [0.05, 0.1) is 5.92 Å². The predicted molar refractivity (Wildman–Crippen MR) is 78.8 cm³/mol. The van der Waals surface area contributed by atoms with Crippen molar-refractivity contribution >= 4 is 11.9 Å². The van der Waals surface area contributed by atoms with Gasteiger partial charge in [0, 0.05) is 19.3 Å². The first kappa shape index (κ1) is 14.8. The van der Waals surface area contributed by atoms with Crippen LogP contribution >= 0.6 is 0 Å². The van der Waals surface area contributed by atoms with Crippen LogP contribution < -0.4 is 0 Å². The van der Waals surface area contributed by atoms with Crippen molar-refractivity contribution in [3.05, 3.63) is 59.9 Å². The summed E-state index contributed by atoms with van der Waals surface area (Å²) in [5.41, 5.74) is 1.43. The second-order valence-corrected chi connectivity index (χ2v) is 4.99. The van der Waals surface area contributed by atoms with Crippen LogP contribution in [0.4, 0.5) is 0 Å². The zero-order valence-electron chi connectivity index (χ0n) is 11.8. The molecule has 0 spiro atoms. The van der Waals surface area contributed by atoms with Crippen LogP contribution in [-0.4, -0.2) is 33.4 Å². The van der Waals surface area contributed by atoms with Crippen molar-refractivity contribution < 1.29 is 14.7 Å². The number of aromatic amines is 1. The van der Waals surface area contributed by atoms with Crippen LogP contribution in [0, 0.1) is 5.92 Å². The third kappa shape index (κ3) is 3.95. The van der Waals surface area contributed by atoms with Gasteiger partial charge in [-0.05, 0) is 17.7 Å². The topological polar surface area (TPSA) is 73.4 Å². The highest BCUT2D eigenvalue weighted by molar-refractivity contribution is 5.92. The predicted octanol–water partition coefficient (Wildman–Crippen LogP) is 2.38. The molecule has 0 saturated carbocycles. The van der Waals surface area contributed by atoms with Crippen molar-refractivity contribution in [1.29, 1.82) is 0 Å². The SMILES string of the molecule is C[C@@H](CN(Cc1ccccc1)C(=O)c1ccc[nH]1)C(=O)O. The van der Waals surface area contributed by atoms with Crippen LogP contribution in [0.5, 0.6) is 0 Å². The number of carbonyl (C=O) groups is 2. The molecule has 0 aliphatic rings. The summed E-state index contributed by atoms with van der Waals surface area (Å²) in [4.78, 5) is 27.9. The van der Waals surface area contributed by atoms with Crippen LogP contribution in [-0.2, 0) is 11.3 Å². The molecule has 0 saturated heterocycles. The van der Waals surface area contributed by atoms with Gasteiger partial charge in [0.2, 0.25) is 0 Å². The van der Waals surface area contributed by atoms with Gasteiger partial charge < -0.3 is 15.0 Å². The monoisotopic (exact) mass is 286 g/mol. The van der Waals surface area contributed by atoms with Gasteiger partial charge in [-0.1, -0.05) is 37.3 Å². The molecule has 2 aromatic rings. The Morgan fingerprint density at radius 1 is 1.19 bits per heavy atom. The molecule has 1 amide bonds. The second-order valence-electron chi connectivity index (χ2n) is 4.99. The van der Waals surface area contributed by atoms with Crippen LogP contribution in [0.25, 0.3) is 0 Å². The van der Waals surface area contributed by atoms with E-state index >= 15 is 0 Å². The van der Waals surface area contributed by atoms with E-state index in [0.29, 0.717) is 12.2 Å². The molecule has 0 aliphatic heterocycles. The molecule has 0 fully saturated rings. The van der Waals surface area contributed by atoms with Gasteiger partial charge in [-0.2, -0.15) is 0 Å². The molecule has 2 rings (SSSR count). The Bertz CT molecular complexity index is 593. The second kappa shape index (κ2) is 6.74. The molecule has 1 heterocycles. The molecule has 5 nitrogen and oxygen atoms in total. The molecule has 0 unspecified atom stereocenters. The maximum atomic E-state index is 12.5. The maximum absolute atomic E-state index is 12.5. The average Bonchev–Trinajstić information content (AvgIpc) is 3.01. The van der Waals surface area contributed by atoms with Crippen LogP contribution in [0.3, 0.4) is 0 Å². The molecular formula is C16H18N2O3. The number of carboxylic acids is 1. The first-order valence-electron chi connectivity index (χ1n) is 6.77. The zero-order valence-corrected chi connectivity index (χ0v) is 11.8. The van der Waals surface area contributed by atoms with Crippen molar-refractivity contribution in [3.63, 3.8) is 0 Å². The van der Waals surface area contributed by atoms with Gasteiger partial charge in [-0.15, -0.1) is 0 Å². The molecule has 21 heavy (non-hydrogen) atoms. The number of rotatable bonds is 6. The molecule has 1 atom stereocenters. The van der Waals surface area contributed by atoms with Crippen LogP contribution in [0.1, 0.15) is 23.0 Å². The normalized spacial score (nSPS) is 11.9. The summed E-state index contributed by atoms with van der Waals surface area (Å²) in [6.07, 6.45) is 1.68. The smallest absolute Gasteiger partial charge is 0.308 e. The summed E-state index contributed by atoms with van der Waals surface area (Å²) in [6, 6.07) is 13.0. The van der Waals surface area contributed by atoms with E-state index in [0.717, 1.165) is 5.56 Å². The van der Waals surface area contributed by atoms with Crippen molar-refractivity contribution in [2.45, 2.75) is 13.5 Å². The number of nitrogens with zero attached hydrogens (tertiary/aromatic N) is 1. The fourth-order valence-corrected chi connectivity index (χ4v) is 2.07. The lowest BCUT2D eigenvalue weighted by Crippen LogP contribution is -2.36. The first-order chi connectivity index (χ1) is 10.1. The van der Waals surface area contributed by atoms with E-state index in [2.05, 4.69) is 4.98 Å². The Morgan fingerprint density at radius 2 is 1.90 bits per heavy atom.